The third kappa shape index (κ3) is 10.0. The molecule has 0 saturated carbocycles. The molecule has 10 nitrogen and oxygen atoms in total. The summed E-state index contributed by atoms with van der Waals surface area (Å²) < 4.78 is 0. The number of benzene rings is 3. The summed E-state index contributed by atoms with van der Waals surface area (Å²) in [7, 11) is 0. The van der Waals surface area contributed by atoms with Gasteiger partial charge in [0.05, 0.1) is 6.42 Å². The molecule has 0 aromatic heterocycles. The van der Waals surface area contributed by atoms with E-state index < -0.39 is 48.2 Å². The second kappa shape index (κ2) is 15.3. The van der Waals surface area contributed by atoms with E-state index in [-0.39, 0.29) is 31.1 Å². The van der Waals surface area contributed by atoms with Crippen molar-refractivity contribution in [3.63, 3.8) is 0 Å². The third-order valence-electron chi connectivity index (χ3n) is 6.77. The second-order valence-corrected chi connectivity index (χ2v) is 10.7. The van der Waals surface area contributed by atoms with E-state index in [4.69, 9.17) is 5.73 Å². The third-order valence-corrected chi connectivity index (χ3v) is 6.77. The molecule has 10 heteroatoms. The van der Waals surface area contributed by atoms with Crippen LogP contribution in [0.4, 0.5) is 0 Å². The second-order valence-electron chi connectivity index (χ2n) is 10.7. The molecule has 3 atom stereocenters. The van der Waals surface area contributed by atoms with E-state index >= 15 is 0 Å². The molecular weight excluding hydrogens is 536 g/mol. The summed E-state index contributed by atoms with van der Waals surface area (Å²) in [4.78, 5) is 62.7. The van der Waals surface area contributed by atoms with E-state index in [9.17, 15) is 29.1 Å². The Hall–Kier alpha value is -4.73. The smallest absolute Gasteiger partial charge is 0.305 e. The van der Waals surface area contributed by atoms with Crippen LogP contribution < -0.4 is 21.7 Å². The van der Waals surface area contributed by atoms with Gasteiger partial charge in [0.25, 0.3) is 0 Å². The van der Waals surface area contributed by atoms with Gasteiger partial charge in [-0.05, 0) is 40.7 Å². The first-order valence-electron chi connectivity index (χ1n) is 13.9. The number of rotatable bonds is 15. The van der Waals surface area contributed by atoms with Gasteiger partial charge in [-0.15, -0.1) is 0 Å². The molecule has 0 unspecified atom stereocenters. The topological polar surface area (TPSA) is 168 Å². The van der Waals surface area contributed by atoms with Crippen LogP contribution in [0.1, 0.15) is 44.2 Å². The maximum absolute atomic E-state index is 13.3. The first kappa shape index (κ1) is 31.8. The number of carboxylic acids is 1. The zero-order chi connectivity index (χ0) is 30.6. The Morgan fingerprint density at radius 3 is 2.00 bits per heavy atom. The minimum atomic E-state index is -1.49. The van der Waals surface area contributed by atoms with Crippen molar-refractivity contribution in [2.75, 3.05) is 0 Å². The molecule has 0 aliphatic carbocycles. The number of hydrogen-bond donors (Lipinski definition) is 5. The van der Waals surface area contributed by atoms with E-state index in [0.29, 0.717) is 6.42 Å². The Bertz CT molecular complexity index is 1410. The molecule has 4 amide bonds. The maximum Gasteiger partial charge on any atom is 0.305 e. The molecule has 0 bridgehead atoms. The Morgan fingerprint density at radius 1 is 0.738 bits per heavy atom. The number of carbonyl (C=O) groups excluding carboxylic acids is 4. The van der Waals surface area contributed by atoms with Crippen LogP contribution in [0.2, 0.25) is 0 Å². The van der Waals surface area contributed by atoms with E-state index in [2.05, 4.69) is 16.0 Å². The highest BCUT2D eigenvalue weighted by Gasteiger charge is 2.31. The fraction of sp³-hybridized carbons (Fsp3) is 0.344. The molecule has 222 valence electrons. The lowest BCUT2D eigenvalue weighted by atomic mass is 10.0. The highest BCUT2D eigenvalue weighted by atomic mass is 16.4. The number of nitrogens with one attached hydrogen (secondary N) is 3. The van der Waals surface area contributed by atoms with Crippen molar-refractivity contribution in [3.8, 4) is 0 Å². The number of aryl methyl sites for hydroxylation is 1. The molecule has 3 aromatic carbocycles. The number of aliphatic carboxylic acids is 1. The van der Waals surface area contributed by atoms with Crippen LogP contribution in [0.25, 0.3) is 10.8 Å². The van der Waals surface area contributed by atoms with Gasteiger partial charge in [0, 0.05) is 12.8 Å². The van der Waals surface area contributed by atoms with Gasteiger partial charge in [-0.25, -0.2) is 0 Å². The van der Waals surface area contributed by atoms with Crippen molar-refractivity contribution >= 4 is 40.4 Å². The predicted octanol–water partition coefficient (Wildman–Crippen LogP) is 2.48. The molecule has 0 radical (unpaired) electrons. The van der Waals surface area contributed by atoms with Gasteiger partial charge in [-0.1, -0.05) is 86.6 Å². The van der Waals surface area contributed by atoms with Crippen LogP contribution in [0.15, 0.2) is 72.8 Å². The molecule has 3 aromatic rings. The summed E-state index contributed by atoms with van der Waals surface area (Å²) in [5, 5.41) is 19.2. The number of carboxylic acid groups (broad SMARTS) is 1. The van der Waals surface area contributed by atoms with Crippen molar-refractivity contribution in [2.45, 2.75) is 64.1 Å². The van der Waals surface area contributed by atoms with Crippen molar-refractivity contribution in [1.29, 1.82) is 0 Å². The molecule has 0 saturated heterocycles. The monoisotopic (exact) mass is 574 g/mol. The van der Waals surface area contributed by atoms with Crippen LogP contribution >= 0.6 is 0 Å². The molecular formula is C32H38N4O6. The number of primary amides is 1. The molecule has 0 fully saturated rings. The van der Waals surface area contributed by atoms with Crippen molar-refractivity contribution in [3.05, 3.63) is 83.9 Å². The van der Waals surface area contributed by atoms with Gasteiger partial charge in [-0.3, -0.25) is 24.0 Å². The fourth-order valence-electron chi connectivity index (χ4n) is 4.62. The number of nitrogens with two attached hydrogens (primary N) is 1. The lowest BCUT2D eigenvalue weighted by Gasteiger charge is -2.25. The normalized spacial score (nSPS) is 13.1. The molecule has 0 aliphatic rings. The zero-order valence-corrected chi connectivity index (χ0v) is 23.8. The highest BCUT2D eigenvalue weighted by Crippen LogP contribution is 2.17. The molecule has 3 rings (SSSR count). The van der Waals surface area contributed by atoms with Crippen LogP contribution in [0, 0.1) is 5.92 Å². The van der Waals surface area contributed by atoms with Gasteiger partial charge < -0.3 is 26.8 Å². The molecule has 42 heavy (non-hydrogen) atoms. The lowest BCUT2D eigenvalue weighted by Crippen LogP contribution is -2.57. The highest BCUT2D eigenvalue weighted by molar-refractivity contribution is 5.95. The minimum Gasteiger partial charge on any atom is -0.481 e. The standard InChI is InChI=1S/C32H38N4O6/c1-20(2)16-26(34-28(37)15-13-22-12-14-23-10-6-7-11-24(23)17-22)31(41)36-27(19-29(38)39)32(42)35-25(30(33)40)18-21-8-4-3-5-9-21/h3-12,14,17,20,25-27H,13,15-16,18-19H2,1-2H3,(H2,33,40)(H,34,37)(H,35,42)(H,36,41)(H,38,39)/t25-,26-,27-/m0/s1. The summed E-state index contributed by atoms with van der Waals surface area (Å²) in [6.45, 7) is 3.76. The van der Waals surface area contributed by atoms with Gasteiger partial charge in [0.2, 0.25) is 23.6 Å². The van der Waals surface area contributed by atoms with Gasteiger partial charge >= 0.3 is 5.97 Å². The van der Waals surface area contributed by atoms with Crippen LogP contribution in [-0.4, -0.2) is 52.8 Å². The largest absolute Gasteiger partial charge is 0.481 e. The van der Waals surface area contributed by atoms with Crippen molar-refractivity contribution < 1.29 is 29.1 Å². The van der Waals surface area contributed by atoms with Gasteiger partial charge in [-0.2, -0.15) is 0 Å². The zero-order valence-electron chi connectivity index (χ0n) is 23.8. The minimum absolute atomic E-state index is 0.0124. The predicted molar refractivity (Wildman–Crippen MR) is 159 cm³/mol. The van der Waals surface area contributed by atoms with Crippen LogP contribution in [-0.2, 0) is 36.8 Å². The Balaban J connectivity index is 1.65. The summed E-state index contributed by atoms with van der Waals surface area (Å²) >= 11 is 0. The molecule has 0 aliphatic heterocycles. The Kier molecular flexibility index (Phi) is 11.6. The van der Waals surface area contributed by atoms with Crippen molar-refractivity contribution in [1.82, 2.24) is 16.0 Å². The van der Waals surface area contributed by atoms with E-state index in [1.54, 1.807) is 30.3 Å². The maximum atomic E-state index is 13.3. The van der Waals surface area contributed by atoms with E-state index in [0.717, 1.165) is 21.9 Å². The fourth-order valence-corrected chi connectivity index (χ4v) is 4.62. The Morgan fingerprint density at radius 2 is 1.36 bits per heavy atom. The Labute approximate surface area is 245 Å². The number of carbonyl (C=O) groups is 5. The summed E-state index contributed by atoms with van der Waals surface area (Å²) in [6.07, 6.45) is 0.246. The van der Waals surface area contributed by atoms with Crippen molar-refractivity contribution in [2.24, 2.45) is 11.7 Å². The van der Waals surface area contributed by atoms with Crippen LogP contribution in [0.3, 0.4) is 0 Å². The van der Waals surface area contributed by atoms with E-state index in [1.807, 2.05) is 56.3 Å². The number of amides is 4. The summed E-state index contributed by atoms with van der Waals surface area (Å²) in [5.74, 6) is -4.02. The number of fused-ring (bicyclic) bond motifs is 1. The first-order valence-corrected chi connectivity index (χ1v) is 13.9. The molecule has 0 spiro atoms. The van der Waals surface area contributed by atoms with Gasteiger partial charge in [0.15, 0.2) is 0 Å². The lowest BCUT2D eigenvalue weighted by molar-refractivity contribution is -0.141. The quantitative estimate of drug-likeness (QED) is 0.187. The first-order chi connectivity index (χ1) is 20.0. The SMILES string of the molecule is CC(C)C[C@H](NC(=O)CCc1ccc2ccccc2c1)C(=O)N[C@@H](CC(=O)O)C(=O)N[C@@H](Cc1ccccc1)C(N)=O. The van der Waals surface area contributed by atoms with Gasteiger partial charge in [0.1, 0.15) is 18.1 Å². The average molecular weight is 575 g/mol. The summed E-state index contributed by atoms with van der Waals surface area (Å²) in [6, 6.07) is 19.2. The molecule has 0 heterocycles. The number of hydrogen-bond acceptors (Lipinski definition) is 5. The van der Waals surface area contributed by atoms with Crippen LogP contribution in [0.5, 0.6) is 0 Å². The molecule has 6 N–H and O–H groups in total. The van der Waals surface area contributed by atoms with E-state index in [1.165, 1.54) is 0 Å². The average Bonchev–Trinajstić information content (AvgIpc) is 2.94. The summed E-state index contributed by atoms with van der Waals surface area (Å²) in [5.41, 5.74) is 7.20.